The highest BCUT2D eigenvalue weighted by Gasteiger charge is 2.08. The Labute approximate surface area is 164 Å². The number of carbonyl (C=O) groups excluding carboxylic acids is 1. The smallest absolute Gasteiger partial charge is 0.330 e. The minimum absolute atomic E-state index is 0.101. The van der Waals surface area contributed by atoms with Crippen LogP contribution in [0.25, 0.3) is 5.69 Å². The summed E-state index contributed by atoms with van der Waals surface area (Å²) in [6, 6.07) is 17.4. The van der Waals surface area contributed by atoms with Crippen LogP contribution in [0.15, 0.2) is 65.6 Å². The lowest BCUT2D eigenvalue weighted by Crippen LogP contribution is -2.28. The Kier molecular flexibility index (Phi) is 6.45. The van der Waals surface area contributed by atoms with Crippen LogP contribution in [0.3, 0.4) is 0 Å². The fourth-order valence-corrected chi connectivity index (χ4v) is 3.17. The summed E-state index contributed by atoms with van der Waals surface area (Å²) in [5.41, 5.74) is 3.24. The van der Waals surface area contributed by atoms with Gasteiger partial charge in [0.25, 0.3) is 5.91 Å². The summed E-state index contributed by atoms with van der Waals surface area (Å²) in [5.74, 6) is -0.101. The van der Waals surface area contributed by atoms with Crippen molar-refractivity contribution in [1.82, 2.24) is 19.8 Å². The third-order valence-corrected chi connectivity index (χ3v) is 4.65. The molecule has 0 bridgehead atoms. The van der Waals surface area contributed by atoms with Gasteiger partial charge in [-0.1, -0.05) is 30.3 Å². The molecule has 6 heteroatoms. The van der Waals surface area contributed by atoms with E-state index in [-0.39, 0.29) is 11.6 Å². The number of benzene rings is 2. The van der Waals surface area contributed by atoms with E-state index in [1.54, 1.807) is 35.0 Å². The SMILES string of the molecule is Cc1c[nH]c(=O)n1-c1ccc(C(=O)NCCCN(C)Cc2ccccc2)cc1. The molecule has 0 aliphatic carbocycles. The fraction of sp³-hybridized carbons (Fsp3) is 0.273. The van der Waals surface area contributed by atoms with Crippen molar-refractivity contribution in [3.05, 3.63) is 88.1 Å². The summed E-state index contributed by atoms with van der Waals surface area (Å²) in [6.07, 6.45) is 2.54. The van der Waals surface area contributed by atoms with Crippen LogP contribution in [0.2, 0.25) is 0 Å². The number of rotatable bonds is 8. The van der Waals surface area contributed by atoms with Gasteiger partial charge in [-0.2, -0.15) is 0 Å². The molecule has 1 aromatic heterocycles. The Bertz CT molecular complexity index is 958. The van der Waals surface area contributed by atoms with Crippen LogP contribution < -0.4 is 11.0 Å². The van der Waals surface area contributed by atoms with Gasteiger partial charge >= 0.3 is 5.69 Å². The first kappa shape index (κ1) is 19.6. The molecular formula is C22H26N4O2. The molecule has 2 aromatic carbocycles. The van der Waals surface area contributed by atoms with E-state index in [1.807, 2.05) is 25.1 Å². The van der Waals surface area contributed by atoms with Gasteiger partial charge in [-0.3, -0.25) is 9.36 Å². The normalized spacial score (nSPS) is 11.0. The third-order valence-electron chi connectivity index (χ3n) is 4.65. The number of aromatic nitrogens is 2. The zero-order valence-corrected chi connectivity index (χ0v) is 16.3. The number of hydrogen-bond acceptors (Lipinski definition) is 3. The molecule has 0 unspecified atom stereocenters. The van der Waals surface area contributed by atoms with Gasteiger partial charge in [0.1, 0.15) is 0 Å². The monoisotopic (exact) mass is 378 g/mol. The van der Waals surface area contributed by atoms with Gasteiger partial charge in [-0.15, -0.1) is 0 Å². The van der Waals surface area contributed by atoms with E-state index in [0.29, 0.717) is 12.1 Å². The van der Waals surface area contributed by atoms with Crippen molar-refractivity contribution >= 4 is 5.91 Å². The Morgan fingerprint density at radius 1 is 1.11 bits per heavy atom. The molecule has 1 amide bonds. The van der Waals surface area contributed by atoms with E-state index in [0.717, 1.165) is 30.9 Å². The molecular weight excluding hydrogens is 352 g/mol. The summed E-state index contributed by atoms with van der Waals surface area (Å²) < 4.78 is 1.57. The summed E-state index contributed by atoms with van der Waals surface area (Å²) in [7, 11) is 2.08. The highest BCUT2D eigenvalue weighted by atomic mass is 16.2. The number of amides is 1. The minimum atomic E-state index is -0.186. The van der Waals surface area contributed by atoms with Crippen LogP contribution in [0.5, 0.6) is 0 Å². The quantitative estimate of drug-likeness (QED) is 0.592. The zero-order chi connectivity index (χ0) is 19.9. The van der Waals surface area contributed by atoms with Crippen molar-refractivity contribution in [2.24, 2.45) is 0 Å². The van der Waals surface area contributed by atoms with Crippen molar-refractivity contribution in [2.45, 2.75) is 19.9 Å². The molecule has 3 aromatic rings. The molecule has 0 fully saturated rings. The van der Waals surface area contributed by atoms with Crippen molar-refractivity contribution in [3.8, 4) is 5.69 Å². The van der Waals surface area contributed by atoms with E-state index < -0.39 is 0 Å². The lowest BCUT2D eigenvalue weighted by molar-refractivity contribution is 0.0952. The number of H-pyrrole nitrogens is 1. The summed E-state index contributed by atoms with van der Waals surface area (Å²) in [4.78, 5) is 29.0. The first-order chi connectivity index (χ1) is 13.5. The maximum absolute atomic E-state index is 12.3. The van der Waals surface area contributed by atoms with E-state index in [2.05, 4.69) is 34.4 Å². The molecule has 6 nitrogen and oxygen atoms in total. The van der Waals surface area contributed by atoms with Crippen molar-refractivity contribution in [1.29, 1.82) is 0 Å². The highest BCUT2D eigenvalue weighted by Crippen LogP contribution is 2.10. The molecule has 2 N–H and O–H groups in total. The summed E-state index contributed by atoms with van der Waals surface area (Å²) in [6.45, 7) is 4.28. The molecule has 0 radical (unpaired) electrons. The second-order valence-electron chi connectivity index (χ2n) is 6.95. The molecule has 0 spiro atoms. The van der Waals surface area contributed by atoms with Crippen LogP contribution in [0.1, 0.15) is 28.0 Å². The van der Waals surface area contributed by atoms with E-state index in [1.165, 1.54) is 5.56 Å². The Balaban J connectivity index is 1.45. The average molecular weight is 378 g/mol. The largest absolute Gasteiger partial charge is 0.352 e. The lowest BCUT2D eigenvalue weighted by Gasteiger charge is -2.16. The second-order valence-corrected chi connectivity index (χ2v) is 6.95. The van der Waals surface area contributed by atoms with Gasteiger partial charge in [0.2, 0.25) is 0 Å². The van der Waals surface area contributed by atoms with Gasteiger partial charge in [0.05, 0.1) is 5.69 Å². The third kappa shape index (κ3) is 4.98. The topological polar surface area (TPSA) is 70.1 Å². The van der Waals surface area contributed by atoms with Gasteiger partial charge in [0.15, 0.2) is 0 Å². The zero-order valence-electron chi connectivity index (χ0n) is 16.3. The maximum atomic E-state index is 12.3. The predicted octanol–water partition coefficient (Wildman–Crippen LogP) is 2.73. The molecule has 146 valence electrons. The number of nitrogens with one attached hydrogen (secondary N) is 2. The van der Waals surface area contributed by atoms with Crippen LogP contribution in [-0.2, 0) is 6.54 Å². The van der Waals surface area contributed by atoms with E-state index in [9.17, 15) is 9.59 Å². The van der Waals surface area contributed by atoms with Crippen molar-refractivity contribution in [2.75, 3.05) is 20.1 Å². The van der Waals surface area contributed by atoms with Gasteiger partial charge < -0.3 is 15.2 Å². The molecule has 1 heterocycles. The van der Waals surface area contributed by atoms with Gasteiger partial charge in [0, 0.05) is 30.5 Å². The van der Waals surface area contributed by atoms with Gasteiger partial charge in [-0.05, 0) is 56.8 Å². The van der Waals surface area contributed by atoms with E-state index in [4.69, 9.17) is 0 Å². The van der Waals surface area contributed by atoms with Crippen molar-refractivity contribution < 1.29 is 4.79 Å². The summed E-state index contributed by atoms with van der Waals surface area (Å²) >= 11 is 0. The molecule has 28 heavy (non-hydrogen) atoms. The average Bonchev–Trinajstić information content (AvgIpc) is 3.04. The van der Waals surface area contributed by atoms with Crippen LogP contribution >= 0.6 is 0 Å². The molecule has 0 aliphatic rings. The Morgan fingerprint density at radius 3 is 2.46 bits per heavy atom. The first-order valence-electron chi connectivity index (χ1n) is 9.43. The molecule has 0 aliphatic heterocycles. The number of imidazole rings is 1. The predicted molar refractivity (Wildman–Crippen MR) is 111 cm³/mol. The number of aromatic amines is 1. The van der Waals surface area contributed by atoms with Gasteiger partial charge in [-0.25, -0.2) is 4.79 Å². The molecule has 0 saturated heterocycles. The number of nitrogens with zero attached hydrogens (tertiary/aromatic N) is 2. The van der Waals surface area contributed by atoms with E-state index >= 15 is 0 Å². The number of hydrogen-bond donors (Lipinski definition) is 2. The Hall–Kier alpha value is -3.12. The number of carbonyl (C=O) groups is 1. The van der Waals surface area contributed by atoms with Crippen LogP contribution in [-0.4, -0.2) is 40.5 Å². The van der Waals surface area contributed by atoms with Crippen LogP contribution in [0, 0.1) is 6.92 Å². The van der Waals surface area contributed by atoms with Crippen molar-refractivity contribution in [3.63, 3.8) is 0 Å². The fourth-order valence-electron chi connectivity index (χ4n) is 3.17. The molecule has 0 atom stereocenters. The van der Waals surface area contributed by atoms with Crippen LogP contribution in [0.4, 0.5) is 0 Å². The summed E-state index contributed by atoms with van der Waals surface area (Å²) in [5, 5.41) is 2.95. The first-order valence-corrected chi connectivity index (χ1v) is 9.43. The minimum Gasteiger partial charge on any atom is -0.352 e. The molecule has 3 rings (SSSR count). The molecule has 0 saturated carbocycles. The highest BCUT2D eigenvalue weighted by molar-refractivity contribution is 5.94. The Morgan fingerprint density at radius 2 is 1.82 bits per heavy atom. The second kappa shape index (κ2) is 9.19. The standard InChI is InChI=1S/C22H26N4O2/c1-17-15-24-22(28)26(17)20-11-9-19(10-12-20)21(27)23-13-6-14-25(2)16-18-7-4-3-5-8-18/h3-5,7-12,15H,6,13-14,16H2,1-2H3,(H,23,27)(H,24,28). The maximum Gasteiger partial charge on any atom is 0.330 e. The lowest BCUT2D eigenvalue weighted by atomic mass is 10.2. The number of aryl methyl sites for hydroxylation is 1.